The summed E-state index contributed by atoms with van der Waals surface area (Å²) in [5, 5.41) is 16.2. The molecule has 35 heavy (non-hydrogen) atoms. The zero-order valence-corrected chi connectivity index (χ0v) is 19.4. The Morgan fingerprint density at radius 3 is 2.89 bits per heavy atom. The molecule has 0 radical (unpaired) electrons. The number of nitriles is 1. The number of anilines is 1. The Labute approximate surface area is 203 Å². The van der Waals surface area contributed by atoms with Crippen LogP contribution in [0.3, 0.4) is 0 Å². The van der Waals surface area contributed by atoms with Crippen molar-refractivity contribution in [1.82, 2.24) is 25.2 Å². The van der Waals surface area contributed by atoms with Gasteiger partial charge in [-0.2, -0.15) is 5.26 Å². The Morgan fingerprint density at radius 2 is 2.14 bits per heavy atom. The van der Waals surface area contributed by atoms with E-state index in [0.717, 1.165) is 43.6 Å². The molecule has 0 saturated carbocycles. The van der Waals surface area contributed by atoms with E-state index in [1.807, 2.05) is 24.3 Å². The summed E-state index contributed by atoms with van der Waals surface area (Å²) in [4.78, 5) is 28.0. The van der Waals surface area contributed by atoms with Crippen LogP contribution in [0.25, 0.3) is 22.3 Å². The van der Waals surface area contributed by atoms with E-state index in [1.165, 1.54) is 6.33 Å². The number of piperidine rings is 1. The molecule has 10 nitrogen and oxygen atoms in total. The van der Waals surface area contributed by atoms with Gasteiger partial charge in [0.15, 0.2) is 5.82 Å². The van der Waals surface area contributed by atoms with Crippen LogP contribution in [-0.2, 0) is 11.3 Å². The number of morpholine rings is 1. The van der Waals surface area contributed by atoms with Crippen LogP contribution in [0.15, 0.2) is 36.7 Å². The van der Waals surface area contributed by atoms with Gasteiger partial charge in [-0.05, 0) is 31.0 Å². The highest BCUT2D eigenvalue weighted by molar-refractivity contribution is 6.06. The molecule has 1 amide bonds. The number of hydrogen-bond acceptors (Lipinski definition) is 9. The lowest BCUT2D eigenvalue weighted by molar-refractivity contribution is 0.00889. The fourth-order valence-corrected chi connectivity index (χ4v) is 4.61. The summed E-state index contributed by atoms with van der Waals surface area (Å²) in [6.07, 6.45) is 3.54. The summed E-state index contributed by atoms with van der Waals surface area (Å²) in [7, 11) is 0. The lowest BCUT2D eigenvalue weighted by atomic mass is 10.0. The van der Waals surface area contributed by atoms with E-state index >= 15 is 0 Å². The summed E-state index contributed by atoms with van der Waals surface area (Å²) in [6, 6.07) is 11.9. The van der Waals surface area contributed by atoms with E-state index in [1.54, 1.807) is 6.07 Å². The largest absolute Gasteiger partial charge is 0.377 e. The molecule has 2 fully saturated rings. The van der Waals surface area contributed by atoms with Crippen molar-refractivity contribution in [1.29, 1.82) is 5.26 Å². The second-order valence-electron chi connectivity index (χ2n) is 8.91. The number of carbonyl (C=O) groups is 1. The molecule has 1 aromatic carbocycles. The van der Waals surface area contributed by atoms with Crippen molar-refractivity contribution < 1.29 is 9.53 Å². The lowest BCUT2D eigenvalue weighted by Gasteiger charge is -2.31. The topological polar surface area (TPSA) is 142 Å². The molecule has 0 spiro atoms. The number of pyridine rings is 1. The first-order chi connectivity index (χ1) is 17.1. The maximum Gasteiger partial charge on any atom is 0.251 e. The zero-order valence-electron chi connectivity index (χ0n) is 19.4. The third-order valence-corrected chi connectivity index (χ3v) is 6.52. The Balaban J connectivity index is 1.46. The van der Waals surface area contributed by atoms with E-state index in [0.29, 0.717) is 47.9 Å². The van der Waals surface area contributed by atoms with E-state index in [2.05, 4.69) is 31.6 Å². The van der Waals surface area contributed by atoms with Crippen molar-refractivity contribution in [3.63, 3.8) is 0 Å². The summed E-state index contributed by atoms with van der Waals surface area (Å²) >= 11 is 0. The SMILES string of the molecule is N#CC1COCCN1Cc1ccc(-c2cc(C(N)=O)c3ncnc(N[C@H]4CCCNC4)c3n2)cc1. The quantitative estimate of drug-likeness (QED) is 0.488. The van der Waals surface area contributed by atoms with Gasteiger partial charge >= 0.3 is 0 Å². The number of nitrogens with zero attached hydrogens (tertiary/aromatic N) is 5. The molecule has 2 aliphatic rings. The molecule has 4 N–H and O–H groups in total. The minimum Gasteiger partial charge on any atom is -0.377 e. The lowest BCUT2D eigenvalue weighted by Crippen LogP contribution is -2.43. The van der Waals surface area contributed by atoms with Gasteiger partial charge in [0.1, 0.15) is 23.4 Å². The molecular weight excluding hydrogens is 444 g/mol. The molecule has 2 aliphatic heterocycles. The van der Waals surface area contributed by atoms with Crippen LogP contribution >= 0.6 is 0 Å². The smallest absolute Gasteiger partial charge is 0.251 e. The monoisotopic (exact) mass is 472 g/mol. The van der Waals surface area contributed by atoms with Crippen LogP contribution in [0.2, 0.25) is 0 Å². The molecule has 0 aliphatic carbocycles. The van der Waals surface area contributed by atoms with Gasteiger partial charge in [-0.3, -0.25) is 9.69 Å². The van der Waals surface area contributed by atoms with Crippen molar-refractivity contribution in [2.45, 2.75) is 31.5 Å². The van der Waals surface area contributed by atoms with Crippen molar-refractivity contribution in [3.8, 4) is 17.3 Å². The van der Waals surface area contributed by atoms with Crippen LogP contribution in [0.1, 0.15) is 28.8 Å². The van der Waals surface area contributed by atoms with E-state index in [9.17, 15) is 10.1 Å². The number of nitrogens with two attached hydrogens (primary N) is 1. The highest BCUT2D eigenvalue weighted by Gasteiger charge is 2.23. The standard InChI is InChI=1S/C25H28N8O2/c26-11-19-14-35-9-8-33(19)13-16-3-5-17(6-4-16)21-10-20(24(27)34)22-23(32-21)25(30-15-29-22)31-18-2-1-7-28-12-18/h3-6,10,15,18-19,28H,1-2,7-9,12-14H2,(H2,27,34)(H,29,30,31)/t18-,19?/m0/s1. The molecule has 0 bridgehead atoms. The first-order valence-corrected chi connectivity index (χ1v) is 11.9. The third-order valence-electron chi connectivity index (χ3n) is 6.52. The molecule has 1 unspecified atom stereocenters. The van der Waals surface area contributed by atoms with Crippen molar-refractivity contribution in [2.24, 2.45) is 5.73 Å². The van der Waals surface area contributed by atoms with Gasteiger partial charge in [-0.1, -0.05) is 24.3 Å². The fraction of sp³-hybridized carbons (Fsp3) is 0.400. The second-order valence-corrected chi connectivity index (χ2v) is 8.91. The number of benzene rings is 1. The minimum absolute atomic E-state index is 0.223. The summed E-state index contributed by atoms with van der Waals surface area (Å²) in [5.41, 5.74) is 9.56. The van der Waals surface area contributed by atoms with Crippen LogP contribution in [0.4, 0.5) is 5.82 Å². The number of hydrogen-bond donors (Lipinski definition) is 3. The predicted molar refractivity (Wildman–Crippen MR) is 131 cm³/mol. The van der Waals surface area contributed by atoms with Gasteiger partial charge in [0, 0.05) is 31.2 Å². The van der Waals surface area contributed by atoms with Crippen LogP contribution < -0.4 is 16.4 Å². The summed E-state index contributed by atoms with van der Waals surface area (Å²) in [5.74, 6) is 0.0358. The Bertz CT molecular complexity index is 1250. The number of nitrogens with one attached hydrogen (secondary N) is 2. The van der Waals surface area contributed by atoms with Crippen molar-refractivity contribution in [2.75, 3.05) is 38.2 Å². The first kappa shape index (κ1) is 23.1. The molecule has 10 heteroatoms. The fourth-order valence-electron chi connectivity index (χ4n) is 4.61. The first-order valence-electron chi connectivity index (χ1n) is 11.9. The highest BCUT2D eigenvalue weighted by Crippen LogP contribution is 2.28. The van der Waals surface area contributed by atoms with E-state index in [-0.39, 0.29) is 12.1 Å². The van der Waals surface area contributed by atoms with Gasteiger partial charge in [-0.15, -0.1) is 0 Å². The van der Waals surface area contributed by atoms with Gasteiger partial charge in [0.2, 0.25) is 0 Å². The number of carbonyl (C=O) groups excluding carboxylic acids is 1. The van der Waals surface area contributed by atoms with Gasteiger partial charge in [-0.25, -0.2) is 15.0 Å². The Kier molecular flexibility index (Phi) is 6.81. The Morgan fingerprint density at radius 1 is 1.29 bits per heavy atom. The summed E-state index contributed by atoms with van der Waals surface area (Å²) < 4.78 is 5.41. The third kappa shape index (κ3) is 5.07. The maximum absolute atomic E-state index is 12.3. The van der Waals surface area contributed by atoms with Gasteiger partial charge in [0.05, 0.1) is 30.5 Å². The molecule has 3 aromatic rings. The predicted octanol–water partition coefficient (Wildman–Crippen LogP) is 1.68. The second kappa shape index (κ2) is 10.3. The molecule has 2 atom stereocenters. The number of rotatable bonds is 6. The normalized spacial score (nSPS) is 20.9. The molecular formula is C25H28N8O2. The molecule has 2 saturated heterocycles. The van der Waals surface area contributed by atoms with E-state index < -0.39 is 5.91 Å². The molecule has 2 aromatic heterocycles. The van der Waals surface area contributed by atoms with Crippen molar-refractivity contribution in [3.05, 3.63) is 47.8 Å². The maximum atomic E-state index is 12.3. The number of primary amides is 1. The number of ether oxygens (including phenoxy) is 1. The molecule has 4 heterocycles. The number of aromatic nitrogens is 3. The number of fused-ring (bicyclic) bond motifs is 1. The zero-order chi connectivity index (χ0) is 24.2. The van der Waals surface area contributed by atoms with Gasteiger partial charge < -0.3 is 21.1 Å². The molecule has 180 valence electrons. The van der Waals surface area contributed by atoms with Gasteiger partial charge in [0.25, 0.3) is 5.91 Å². The van der Waals surface area contributed by atoms with E-state index in [4.69, 9.17) is 15.5 Å². The van der Waals surface area contributed by atoms with Crippen molar-refractivity contribution >= 4 is 22.8 Å². The minimum atomic E-state index is -0.561. The average molecular weight is 473 g/mol. The average Bonchev–Trinajstić information content (AvgIpc) is 2.89. The highest BCUT2D eigenvalue weighted by atomic mass is 16.5. The Hall–Kier alpha value is -3.65. The number of amides is 1. The van der Waals surface area contributed by atoms with Crippen LogP contribution in [-0.4, -0.2) is 70.7 Å². The summed E-state index contributed by atoms with van der Waals surface area (Å²) in [6.45, 7) is 4.29. The van der Waals surface area contributed by atoms with Crippen LogP contribution in [0.5, 0.6) is 0 Å². The molecule has 5 rings (SSSR count). The van der Waals surface area contributed by atoms with Crippen LogP contribution in [0, 0.1) is 11.3 Å².